The number of aryl methyl sites for hydroxylation is 1. The lowest BCUT2D eigenvalue weighted by molar-refractivity contribution is 0.0578. The van der Waals surface area contributed by atoms with Crippen molar-refractivity contribution in [2.45, 2.75) is 44.9 Å². The first-order valence-corrected chi connectivity index (χ1v) is 13.5. The van der Waals surface area contributed by atoms with E-state index in [9.17, 15) is 14.7 Å². The number of carbonyl (C=O) groups excluding carboxylic acids is 1. The molecule has 0 bridgehead atoms. The quantitative estimate of drug-likeness (QED) is 0.366. The Kier molecular flexibility index (Phi) is 6.28. The average molecular weight is 543 g/mol. The van der Waals surface area contributed by atoms with Gasteiger partial charge in [-0.25, -0.2) is 13.9 Å². The van der Waals surface area contributed by atoms with E-state index >= 15 is 4.39 Å². The van der Waals surface area contributed by atoms with E-state index in [1.807, 2.05) is 12.3 Å². The zero-order chi connectivity index (χ0) is 28.2. The van der Waals surface area contributed by atoms with Crippen LogP contribution < -0.4 is 0 Å². The van der Waals surface area contributed by atoms with E-state index in [0.29, 0.717) is 35.6 Å². The molecule has 6 rings (SSSR count). The van der Waals surface area contributed by atoms with Gasteiger partial charge in [-0.3, -0.25) is 9.48 Å². The molecule has 0 unspecified atom stereocenters. The standard InChI is InChI=1S/C30H31FN6O3/c1-30(2)11-6-12-36(17-30)28(38)21-10-5-9-20(26(21)31)18-7-4-8-19(13-18)37-27(24(15-32-37)29(39)40)23-14-22(23)25-16-35(3)34-33-25/h4-5,7-10,13,15-16,22-23H,6,11-12,14,17H2,1-3H3,(H,39,40)/t22-,23-/m1/s1. The molecule has 2 fully saturated rings. The maximum absolute atomic E-state index is 15.9. The molecule has 1 amide bonds. The molecule has 0 spiro atoms. The van der Waals surface area contributed by atoms with Gasteiger partial charge in [-0.1, -0.05) is 43.3 Å². The van der Waals surface area contributed by atoms with E-state index in [4.69, 9.17) is 0 Å². The third kappa shape index (κ3) is 4.67. The molecule has 2 aromatic carbocycles. The summed E-state index contributed by atoms with van der Waals surface area (Å²) in [5.41, 5.74) is 3.06. The number of aromatic carboxylic acids is 1. The Hall–Kier alpha value is -4.34. The number of carboxylic acids is 1. The molecule has 1 saturated carbocycles. The molecular formula is C30H31FN6O3. The fourth-order valence-electron chi connectivity index (χ4n) is 5.94. The smallest absolute Gasteiger partial charge is 0.339 e. The average Bonchev–Trinajstić information content (AvgIpc) is 3.37. The van der Waals surface area contributed by atoms with Crippen LogP contribution >= 0.6 is 0 Å². The monoisotopic (exact) mass is 542 g/mol. The summed E-state index contributed by atoms with van der Waals surface area (Å²) in [6.07, 6.45) is 5.86. The minimum Gasteiger partial charge on any atom is -0.478 e. The molecule has 10 heteroatoms. The molecule has 0 radical (unpaired) electrons. The Bertz CT molecular complexity index is 1620. The molecule has 1 N–H and O–H groups in total. The highest BCUT2D eigenvalue weighted by Crippen LogP contribution is 2.55. The predicted octanol–water partition coefficient (Wildman–Crippen LogP) is 5.04. The van der Waals surface area contributed by atoms with Crippen LogP contribution in [0, 0.1) is 11.2 Å². The van der Waals surface area contributed by atoms with Crippen LogP contribution in [-0.4, -0.2) is 59.7 Å². The topological polar surface area (TPSA) is 106 Å². The number of piperidine rings is 1. The van der Waals surface area contributed by atoms with Crippen molar-refractivity contribution in [1.29, 1.82) is 0 Å². The molecule has 2 aromatic heterocycles. The van der Waals surface area contributed by atoms with Crippen LogP contribution in [0.25, 0.3) is 16.8 Å². The SMILES string of the molecule is Cn1cc([C@@H]2C[C@H]2c2c(C(=O)O)cnn2-c2cccc(-c3cccc(C(=O)N4CCCC(C)(C)C4)c3F)c2)nn1. The lowest BCUT2D eigenvalue weighted by Crippen LogP contribution is -2.43. The van der Waals surface area contributed by atoms with Crippen LogP contribution in [0.3, 0.4) is 0 Å². The zero-order valence-electron chi connectivity index (χ0n) is 22.7. The Morgan fingerprint density at radius 1 is 1.10 bits per heavy atom. The summed E-state index contributed by atoms with van der Waals surface area (Å²) in [6.45, 7) is 5.46. The van der Waals surface area contributed by atoms with Gasteiger partial charge >= 0.3 is 5.97 Å². The van der Waals surface area contributed by atoms with Crippen LogP contribution in [0.2, 0.25) is 0 Å². The number of carboxylic acid groups (broad SMARTS) is 1. The van der Waals surface area contributed by atoms with Crippen molar-refractivity contribution < 1.29 is 19.1 Å². The van der Waals surface area contributed by atoms with Crippen LogP contribution in [0.15, 0.2) is 54.9 Å². The molecule has 2 atom stereocenters. The van der Waals surface area contributed by atoms with Gasteiger partial charge in [0.2, 0.25) is 0 Å². The summed E-state index contributed by atoms with van der Waals surface area (Å²) in [5, 5.41) is 22.5. The van der Waals surface area contributed by atoms with Crippen LogP contribution in [-0.2, 0) is 7.05 Å². The molecule has 9 nitrogen and oxygen atoms in total. The minimum absolute atomic E-state index is 0.000254. The number of carbonyl (C=O) groups is 2. The van der Waals surface area contributed by atoms with Gasteiger partial charge in [-0.2, -0.15) is 5.10 Å². The Morgan fingerprint density at radius 3 is 2.62 bits per heavy atom. The van der Waals surface area contributed by atoms with Gasteiger partial charge in [0, 0.05) is 43.7 Å². The fourth-order valence-corrected chi connectivity index (χ4v) is 5.94. The first-order chi connectivity index (χ1) is 19.1. The number of aromatic nitrogens is 5. The Morgan fingerprint density at radius 2 is 1.90 bits per heavy atom. The summed E-state index contributed by atoms with van der Waals surface area (Å²) >= 11 is 0. The maximum atomic E-state index is 15.9. The molecule has 1 aliphatic heterocycles. The number of nitrogens with zero attached hydrogens (tertiary/aromatic N) is 6. The third-order valence-corrected chi connectivity index (χ3v) is 8.00. The van der Waals surface area contributed by atoms with E-state index in [0.717, 1.165) is 25.0 Å². The van der Waals surface area contributed by atoms with Crippen molar-refractivity contribution >= 4 is 11.9 Å². The number of likely N-dealkylation sites (tertiary alicyclic amines) is 1. The van der Waals surface area contributed by atoms with Gasteiger partial charge in [-0.05, 0) is 48.4 Å². The number of hydrogen-bond donors (Lipinski definition) is 1. The van der Waals surface area contributed by atoms with Crippen molar-refractivity contribution in [2.24, 2.45) is 12.5 Å². The second kappa shape index (κ2) is 9.69. The van der Waals surface area contributed by atoms with Crippen molar-refractivity contribution in [1.82, 2.24) is 29.7 Å². The summed E-state index contributed by atoms with van der Waals surface area (Å²) in [4.78, 5) is 27.2. The van der Waals surface area contributed by atoms with E-state index in [2.05, 4.69) is 29.3 Å². The van der Waals surface area contributed by atoms with E-state index in [-0.39, 0.29) is 34.3 Å². The van der Waals surface area contributed by atoms with Crippen LogP contribution in [0.4, 0.5) is 4.39 Å². The Balaban J connectivity index is 1.34. The lowest BCUT2D eigenvalue weighted by Gasteiger charge is -2.38. The van der Waals surface area contributed by atoms with Crippen molar-refractivity contribution in [2.75, 3.05) is 13.1 Å². The minimum atomic E-state index is -1.06. The van der Waals surface area contributed by atoms with Gasteiger partial charge in [-0.15, -0.1) is 5.10 Å². The number of rotatable bonds is 6. The van der Waals surface area contributed by atoms with Crippen LogP contribution in [0.1, 0.15) is 77.0 Å². The fraction of sp³-hybridized carbons (Fsp3) is 0.367. The normalized spacial score (nSPS) is 19.9. The summed E-state index contributed by atoms with van der Waals surface area (Å²) in [6, 6.07) is 12.0. The second-order valence-electron chi connectivity index (χ2n) is 11.6. The summed E-state index contributed by atoms with van der Waals surface area (Å²) in [7, 11) is 1.79. The van der Waals surface area contributed by atoms with Crippen molar-refractivity contribution in [3.8, 4) is 16.8 Å². The highest BCUT2D eigenvalue weighted by molar-refractivity contribution is 5.96. The first kappa shape index (κ1) is 25.9. The first-order valence-electron chi connectivity index (χ1n) is 13.5. The molecule has 3 heterocycles. The number of amides is 1. The van der Waals surface area contributed by atoms with Gasteiger partial charge < -0.3 is 10.0 Å². The third-order valence-electron chi connectivity index (χ3n) is 8.00. The summed E-state index contributed by atoms with van der Waals surface area (Å²) in [5.74, 6) is -1.96. The molecule has 1 aliphatic carbocycles. The molecule has 1 saturated heterocycles. The van der Waals surface area contributed by atoms with Gasteiger partial charge in [0.05, 0.1) is 28.8 Å². The second-order valence-corrected chi connectivity index (χ2v) is 11.6. The van der Waals surface area contributed by atoms with Gasteiger partial charge in [0.1, 0.15) is 11.4 Å². The molecule has 2 aliphatic rings. The number of halogens is 1. The van der Waals surface area contributed by atoms with Crippen molar-refractivity contribution in [3.05, 3.63) is 83.2 Å². The maximum Gasteiger partial charge on any atom is 0.339 e. The van der Waals surface area contributed by atoms with E-state index in [1.165, 1.54) is 12.3 Å². The molecule has 4 aromatic rings. The molecular weight excluding hydrogens is 511 g/mol. The highest BCUT2D eigenvalue weighted by atomic mass is 19.1. The number of hydrogen-bond acceptors (Lipinski definition) is 5. The van der Waals surface area contributed by atoms with E-state index < -0.39 is 11.8 Å². The van der Waals surface area contributed by atoms with Gasteiger partial charge in [0.25, 0.3) is 5.91 Å². The molecule has 206 valence electrons. The zero-order valence-corrected chi connectivity index (χ0v) is 22.7. The largest absolute Gasteiger partial charge is 0.478 e. The highest BCUT2D eigenvalue weighted by Gasteiger charge is 2.46. The number of benzene rings is 2. The lowest BCUT2D eigenvalue weighted by atomic mass is 9.84. The van der Waals surface area contributed by atoms with Gasteiger partial charge in [0.15, 0.2) is 0 Å². The van der Waals surface area contributed by atoms with Crippen LogP contribution in [0.5, 0.6) is 0 Å². The predicted molar refractivity (Wildman–Crippen MR) is 146 cm³/mol. The summed E-state index contributed by atoms with van der Waals surface area (Å²) < 4.78 is 19.1. The van der Waals surface area contributed by atoms with Crippen molar-refractivity contribution in [3.63, 3.8) is 0 Å². The Labute approximate surface area is 231 Å². The molecule has 40 heavy (non-hydrogen) atoms. The van der Waals surface area contributed by atoms with E-state index in [1.54, 1.807) is 51.6 Å².